The van der Waals surface area contributed by atoms with Gasteiger partial charge in [0.25, 0.3) is 5.91 Å². The summed E-state index contributed by atoms with van der Waals surface area (Å²) in [6.07, 6.45) is 3.08. The molecule has 0 aliphatic heterocycles. The molecule has 0 unspecified atom stereocenters. The first-order valence-electron chi connectivity index (χ1n) is 9.60. The quantitative estimate of drug-likeness (QED) is 0.269. The van der Waals surface area contributed by atoms with Gasteiger partial charge in [-0.15, -0.1) is 24.0 Å². The van der Waals surface area contributed by atoms with Crippen LogP contribution in [-0.2, 0) is 11.2 Å². The molecule has 0 saturated heterocycles. The summed E-state index contributed by atoms with van der Waals surface area (Å²) in [5.41, 5.74) is 1.21. The fraction of sp³-hybridized carbons (Fsp3) is 0.600. The molecular formula is C20H33IN4O2. The maximum absolute atomic E-state index is 11.6. The molecule has 1 aromatic carbocycles. The van der Waals surface area contributed by atoms with Crippen molar-refractivity contribution in [2.45, 2.75) is 46.1 Å². The predicted octanol–water partition coefficient (Wildman–Crippen LogP) is 2.72. The summed E-state index contributed by atoms with van der Waals surface area (Å²) in [4.78, 5) is 16.2. The van der Waals surface area contributed by atoms with Gasteiger partial charge in [-0.2, -0.15) is 0 Å². The first-order valence-corrected chi connectivity index (χ1v) is 9.60. The number of carbonyl (C=O) groups is 1. The summed E-state index contributed by atoms with van der Waals surface area (Å²) < 4.78 is 5.52. The molecule has 1 aliphatic rings. The van der Waals surface area contributed by atoms with Crippen molar-refractivity contribution in [1.82, 2.24) is 16.0 Å². The highest BCUT2D eigenvalue weighted by molar-refractivity contribution is 14.0. The van der Waals surface area contributed by atoms with Crippen molar-refractivity contribution in [1.29, 1.82) is 0 Å². The Morgan fingerprint density at radius 1 is 1.22 bits per heavy atom. The lowest BCUT2D eigenvalue weighted by atomic mass is 10.1. The van der Waals surface area contributed by atoms with E-state index in [2.05, 4.69) is 41.7 Å². The predicted molar refractivity (Wildman–Crippen MR) is 121 cm³/mol. The van der Waals surface area contributed by atoms with Crippen molar-refractivity contribution >= 4 is 35.8 Å². The van der Waals surface area contributed by atoms with Gasteiger partial charge >= 0.3 is 0 Å². The van der Waals surface area contributed by atoms with E-state index in [1.807, 2.05) is 24.3 Å². The van der Waals surface area contributed by atoms with Gasteiger partial charge < -0.3 is 20.7 Å². The zero-order valence-corrected chi connectivity index (χ0v) is 18.9. The minimum absolute atomic E-state index is 0. The van der Waals surface area contributed by atoms with Gasteiger partial charge in [0, 0.05) is 25.7 Å². The van der Waals surface area contributed by atoms with Crippen LogP contribution in [0.3, 0.4) is 0 Å². The lowest BCUT2D eigenvalue weighted by Gasteiger charge is -2.12. The van der Waals surface area contributed by atoms with Crippen LogP contribution >= 0.6 is 24.0 Å². The third-order valence-electron chi connectivity index (χ3n) is 3.90. The highest BCUT2D eigenvalue weighted by Crippen LogP contribution is 2.18. The Balaban J connectivity index is 0.00000364. The normalized spacial score (nSPS) is 13.7. The van der Waals surface area contributed by atoms with E-state index in [1.165, 1.54) is 5.56 Å². The van der Waals surface area contributed by atoms with E-state index < -0.39 is 0 Å². The molecule has 1 saturated carbocycles. The fourth-order valence-corrected chi connectivity index (χ4v) is 2.34. The summed E-state index contributed by atoms with van der Waals surface area (Å²) in [5, 5.41) is 9.53. The van der Waals surface area contributed by atoms with Crippen molar-refractivity contribution in [3.8, 4) is 5.75 Å². The first kappa shape index (κ1) is 23.5. The molecular weight excluding hydrogens is 455 g/mol. The molecule has 152 valence electrons. The second-order valence-electron chi connectivity index (χ2n) is 7.06. The summed E-state index contributed by atoms with van der Waals surface area (Å²) in [5.74, 6) is 2.09. The number of rotatable bonds is 10. The molecule has 0 radical (unpaired) electrons. The van der Waals surface area contributed by atoms with Crippen LogP contribution < -0.4 is 20.7 Å². The number of aliphatic imine (C=N–C) groups is 1. The fourth-order valence-electron chi connectivity index (χ4n) is 2.34. The van der Waals surface area contributed by atoms with Gasteiger partial charge in [-0.05, 0) is 49.8 Å². The number of nitrogens with one attached hydrogen (secondary N) is 3. The number of hydrogen-bond acceptors (Lipinski definition) is 3. The van der Waals surface area contributed by atoms with Crippen LogP contribution in [0.5, 0.6) is 5.75 Å². The van der Waals surface area contributed by atoms with E-state index in [0.29, 0.717) is 12.0 Å². The molecule has 0 aromatic heterocycles. The number of nitrogens with zero attached hydrogens (tertiary/aromatic N) is 1. The minimum Gasteiger partial charge on any atom is -0.484 e. The molecule has 1 aliphatic carbocycles. The Morgan fingerprint density at radius 3 is 2.52 bits per heavy atom. The highest BCUT2D eigenvalue weighted by Gasteiger charge is 2.23. The number of guanidine groups is 1. The van der Waals surface area contributed by atoms with Crippen molar-refractivity contribution in [2.24, 2.45) is 10.9 Å². The van der Waals surface area contributed by atoms with Crippen LogP contribution in [0.2, 0.25) is 0 Å². The number of carbonyl (C=O) groups excluding carboxylic acids is 1. The average molecular weight is 488 g/mol. The molecule has 6 nitrogen and oxygen atoms in total. The Labute approximate surface area is 179 Å². The average Bonchev–Trinajstić information content (AvgIpc) is 3.43. The molecule has 7 heteroatoms. The number of benzene rings is 1. The van der Waals surface area contributed by atoms with Crippen LogP contribution in [0.25, 0.3) is 0 Å². The van der Waals surface area contributed by atoms with E-state index in [1.54, 1.807) is 0 Å². The standard InChI is InChI=1S/C20H32N4O2.HI/c1-4-21-20(23-13-15(2)3)22-12-11-16-5-9-18(10-6-16)26-14-19(25)24-17-7-8-17;/h5-6,9-10,15,17H,4,7-8,11-14H2,1-3H3,(H,24,25)(H2,21,22,23);1H. The number of hydrogen-bond donors (Lipinski definition) is 3. The Bertz CT molecular complexity index is 586. The second-order valence-corrected chi connectivity index (χ2v) is 7.06. The first-order chi connectivity index (χ1) is 12.6. The topological polar surface area (TPSA) is 74.8 Å². The Hall–Kier alpha value is -1.51. The number of ether oxygens (including phenoxy) is 1. The molecule has 2 rings (SSSR count). The summed E-state index contributed by atoms with van der Waals surface area (Å²) >= 11 is 0. The lowest BCUT2D eigenvalue weighted by Crippen LogP contribution is -2.38. The van der Waals surface area contributed by atoms with Crippen LogP contribution in [0, 0.1) is 5.92 Å². The SMILES string of the molecule is CCNC(=NCC(C)C)NCCc1ccc(OCC(=O)NC2CC2)cc1.I. The lowest BCUT2D eigenvalue weighted by molar-refractivity contribution is -0.123. The molecule has 0 spiro atoms. The molecule has 1 aromatic rings. The monoisotopic (exact) mass is 488 g/mol. The Morgan fingerprint density at radius 2 is 1.93 bits per heavy atom. The molecule has 1 amide bonds. The smallest absolute Gasteiger partial charge is 0.258 e. The molecule has 27 heavy (non-hydrogen) atoms. The maximum Gasteiger partial charge on any atom is 0.258 e. The third kappa shape index (κ3) is 10.4. The van der Waals surface area contributed by atoms with Crippen molar-refractivity contribution in [2.75, 3.05) is 26.2 Å². The molecule has 0 bridgehead atoms. The minimum atomic E-state index is -0.0441. The molecule has 3 N–H and O–H groups in total. The second kappa shape index (κ2) is 12.8. The summed E-state index contributed by atoms with van der Waals surface area (Å²) in [6.45, 7) is 8.94. The highest BCUT2D eigenvalue weighted by atomic mass is 127. The van der Waals surface area contributed by atoms with Gasteiger partial charge in [0.05, 0.1) is 0 Å². The molecule has 0 atom stereocenters. The largest absolute Gasteiger partial charge is 0.484 e. The summed E-state index contributed by atoms with van der Waals surface area (Å²) in [7, 11) is 0. The van der Waals surface area contributed by atoms with E-state index >= 15 is 0 Å². The van der Waals surface area contributed by atoms with Gasteiger partial charge in [-0.1, -0.05) is 26.0 Å². The van der Waals surface area contributed by atoms with E-state index in [0.717, 1.165) is 50.6 Å². The van der Waals surface area contributed by atoms with Crippen molar-refractivity contribution < 1.29 is 9.53 Å². The zero-order valence-electron chi connectivity index (χ0n) is 16.6. The third-order valence-corrected chi connectivity index (χ3v) is 3.90. The van der Waals surface area contributed by atoms with Gasteiger partial charge in [0.2, 0.25) is 0 Å². The van der Waals surface area contributed by atoms with Crippen LogP contribution in [0.4, 0.5) is 0 Å². The Kier molecular flexibility index (Phi) is 11.2. The van der Waals surface area contributed by atoms with Crippen LogP contribution in [-0.4, -0.2) is 44.1 Å². The zero-order chi connectivity index (χ0) is 18.8. The van der Waals surface area contributed by atoms with E-state index in [-0.39, 0.29) is 36.5 Å². The van der Waals surface area contributed by atoms with Gasteiger partial charge in [0.15, 0.2) is 12.6 Å². The van der Waals surface area contributed by atoms with Crippen LogP contribution in [0.15, 0.2) is 29.3 Å². The van der Waals surface area contributed by atoms with Gasteiger partial charge in [-0.25, -0.2) is 0 Å². The number of amides is 1. The van der Waals surface area contributed by atoms with Crippen LogP contribution in [0.1, 0.15) is 39.2 Å². The van der Waals surface area contributed by atoms with Crippen molar-refractivity contribution in [3.05, 3.63) is 29.8 Å². The number of halogens is 1. The molecule has 0 heterocycles. The maximum atomic E-state index is 11.6. The van der Waals surface area contributed by atoms with E-state index in [9.17, 15) is 4.79 Å². The van der Waals surface area contributed by atoms with Gasteiger partial charge in [-0.3, -0.25) is 9.79 Å². The van der Waals surface area contributed by atoms with E-state index in [4.69, 9.17) is 4.74 Å². The molecule has 1 fully saturated rings. The van der Waals surface area contributed by atoms with Gasteiger partial charge in [0.1, 0.15) is 5.75 Å². The summed E-state index contributed by atoms with van der Waals surface area (Å²) in [6, 6.07) is 8.27. The van der Waals surface area contributed by atoms with Crippen molar-refractivity contribution in [3.63, 3.8) is 0 Å².